The minimum absolute atomic E-state index is 0.0779. The van der Waals surface area contributed by atoms with Crippen LogP contribution in [0.2, 0.25) is 5.02 Å². The number of hydrogen-bond donors (Lipinski definition) is 2. The number of rotatable bonds is 6. The van der Waals surface area contributed by atoms with Gasteiger partial charge in [-0.05, 0) is 25.1 Å². The van der Waals surface area contributed by atoms with Gasteiger partial charge in [-0.25, -0.2) is 18.2 Å². The molecule has 0 saturated carbocycles. The number of nitrogen functional groups attached to an aromatic ring is 1. The fraction of sp³-hybridized carbons (Fsp3) is 0.300. The summed E-state index contributed by atoms with van der Waals surface area (Å²) < 4.78 is 49.5. The van der Waals surface area contributed by atoms with Crippen LogP contribution < -0.4 is 15.8 Å². The van der Waals surface area contributed by atoms with E-state index in [1.165, 1.54) is 17.8 Å². The molecule has 30 heavy (non-hydrogen) atoms. The van der Waals surface area contributed by atoms with E-state index >= 15 is 0 Å². The van der Waals surface area contributed by atoms with Gasteiger partial charge in [0.15, 0.2) is 17.2 Å². The molecule has 4 rings (SSSR count). The van der Waals surface area contributed by atoms with Crippen molar-refractivity contribution >= 4 is 17.4 Å². The van der Waals surface area contributed by atoms with Crippen molar-refractivity contribution in [1.29, 1.82) is 0 Å². The van der Waals surface area contributed by atoms with Gasteiger partial charge in [0.25, 0.3) is 0 Å². The molecule has 1 aliphatic heterocycles. The highest BCUT2D eigenvalue weighted by molar-refractivity contribution is 6.31. The molecule has 1 saturated heterocycles. The monoisotopic (exact) mass is 437 g/mol. The molecule has 2 aromatic heterocycles. The third-order valence-electron chi connectivity index (χ3n) is 4.97. The SMILES string of the molecule is CC(Oc1cc(-c2cnn(CC3(F)CNC3)c2)cnc1N)c1c(F)ccc(F)c1Cl. The lowest BCUT2D eigenvalue weighted by atomic mass is 10.00. The Kier molecular flexibility index (Phi) is 5.33. The predicted molar refractivity (Wildman–Crippen MR) is 107 cm³/mol. The second kappa shape index (κ2) is 7.81. The lowest BCUT2D eigenvalue weighted by Gasteiger charge is -2.34. The van der Waals surface area contributed by atoms with Crippen LogP contribution in [0.4, 0.5) is 19.0 Å². The Bertz CT molecular complexity index is 1090. The lowest BCUT2D eigenvalue weighted by Crippen LogP contribution is -2.58. The molecule has 1 fully saturated rings. The molecule has 6 nitrogen and oxygen atoms in total. The minimum atomic E-state index is -1.30. The van der Waals surface area contributed by atoms with Gasteiger partial charge in [0.05, 0.1) is 17.8 Å². The summed E-state index contributed by atoms with van der Waals surface area (Å²) in [6.07, 6.45) is 3.88. The number of alkyl halides is 1. The molecule has 10 heteroatoms. The number of aromatic nitrogens is 3. The van der Waals surface area contributed by atoms with Gasteiger partial charge in [-0.3, -0.25) is 4.68 Å². The van der Waals surface area contributed by atoms with Crippen LogP contribution in [0.15, 0.2) is 36.8 Å². The number of anilines is 1. The highest BCUT2D eigenvalue weighted by Gasteiger charge is 2.37. The number of halogens is 4. The first kappa shape index (κ1) is 20.5. The van der Waals surface area contributed by atoms with Gasteiger partial charge in [0.1, 0.15) is 17.7 Å². The van der Waals surface area contributed by atoms with E-state index in [9.17, 15) is 13.2 Å². The van der Waals surface area contributed by atoms with Crippen molar-refractivity contribution in [2.45, 2.75) is 25.2 Å². The quantitative estimate of drug-likeness (QED) is 0.572. The molecule has 3 aromatic rings. The van der Waals surface area contributed by atoms with Gasteiger partial charge in [-0.2, -0.15) is 5.10 Å². The first-order valence-corrected chi connectivity index (χ1v) is 9.61. The van der Waals surface area contributed by atoms with Crippen molar-refractivity contribution in [2.24, 2.45) is 0 Å². The maximum absolute atomic E-state index is 14.3. The minimum Gasteiger partial charge on any atom is -0.482 e. The lowest BCUT2D eigenvalue weighted by molar-refractivity contribution is 0.0662. The third-order valence-corrected chi connectivity index (χ3v) is 5.35. The number of ether oxygens (including phenoxy) is 1. The number of pyridine rings is 1. The second-order valence-electron chi connectivity index (χ2n) is 7.31. The van der Waals surface area contributed by atoms with Crippen LogP contribution >= 0.6 is 11.6 Å². The molecule has 1 unspecified atom stereocenters. The van der Waals surface area contributed by atoms with E-state index < -0.39 is 23.4 Å². The number of nitrogens with two attached hydrogens (primary N) is 1. The van der Waals surface area contributed by atoms with Crippen LogP contribution in [0.3, 0.4) is 0 Å². The normalized spacial score (nSPS) is 16.2. The Morgan fingerprint density at radius 1 is 1.27 bits per heavy atom. The van der Waals surface area contributed by atoms with Crippen molar-refractivity contribution in [3.05, 3.63) is 59.0 Å². The Hall–Kier alpha value is -2.78. The summed E-state index contributed by atoms with van der Waals surface area (Å²) in [5.41, 5.74) is 5.79. The number of benzene rings is 1. The molecule has 0 amide bonds. The molecule has 0 spiro atoms. The summed E-state index contributed by atoms with van der Waals surface area (Å²) in [6, 6.07) is 3.54. The molecule has 1 aliphatic rings. The van der Waals surface area contributed by atoms with Crippen molar-refractivity contribution in [1.82, 2.24) is 20.1 Å². The molecule has 158 valence electrons. The summed E-state index contributed by atoms with van der Waals surface area (Å²) in [5, 5.41) is 6.74. The zero-order chi connectivity index (χ0) is 21.5. The molecule has 1 aromatic carbocycles. The summed E-state index contributed by atoms with van der Waals surface area (Å²) in [5.74, 6) is -1.18. The van der Waals surface area contributed by atoms with Crippen molar-refractivity contribution in [3.63, 3.8) is 0 Å². The van der Waals surface area contributed by atoms with Crippen molar-refractivity contribution in [2.75, 3.05) is 18.8 Å². The largest absolute Gasteiger partial charge is 0.482 e. The summed E-state index contributed by atoms with van der Waals surface area (Å²) in [4.78, 5) is 4.11. The zero-order valence-corrected chi connectivity index (χ0v) is 16.8. The van der Waals surface area contributed by atoms with Crippen LogP contribution in [0, 0.1) is 11.6 Å². The average Bonchev–Trinajstić information content (AvgIpc) is 3.14. The molecular formula is C20H19ClF3N5O. The highest BCUT2D eigenvalue weighted by Crippen LogP contribution is 2.34. The fourth-order valence-electron chi connectivity index (χ4n) is 3.27. The number of hydrogen-bond acceptors (Lipinski definition) is 5. The molecule has 3 heterocycles. The van der Waals surface area contributed by atoms with E-state index in [-0.39, 0.29) is 28.7 Å². The van der Waals surface area contributed by atoms with E-state index in [0.29, 0.717) is 24.2 Å². The zero-order valence-electron chi connectivity index (χ0n) is 16.0. The van der Waals surface area contributed by atoms with Crippen LogP contribution in [-0.4, -0.2) is 33.5 Å². The Labute approximate surface area is 175 Å². The first-order valence-electron chi connectivity index (χ1n) is 9.24. The van der Waals surface area contributed by atoms with Gasteiger partial charge in [0.2, 0.25) is 0 Å². The average molecular weight is 438 g/mol. The van der Waals surface area contributed by atoms with Gasteiger partial charge in [-0.15, -0.1) is 0 Å². The first-order chi connectivity index (χ1) is 14.3. The molecule has 1 atom stereocenters. The summed E-state index contributed by atoms with van der Waals surface area (Å²) >= 11 is 5.91. The summed E-state index contributed by atoms with van der Waals surface area (Å²) in [6.45, 7) is 2.25. The van der Waals surface area contributed by atoms with E-state index in [1.54, 1.807) is 18.5 Å². The Morgan fingerprint density at radius 3 is 2.70 bits per heavy atom. The predicted octanol–water partition coefficient (Wildman–Crippen LogP) is 3.91. The standard InChI is InChI=1S/C20H19ClF3N5O/c1-11(17-14(22)2-3-15(23)18(17)21)30-16-4-12(5-27-19(16)25)13-6-28-29(7-13)10-20(24)8-26-9-20/h2-7,11,26H,8-10H2,1H3,(H2,25,27). The Morgan fingerprint density at radius 2 is 2.00 bits per heavy atom. The Balaban J connectivity index is 1.57. The smallest absolute Gasteiger partial charge is 0.166 e. The topological polar surface area (TPSA) is 78.0 Å². The molecule has 0 aliphatic carbocycles. The van der Waals surface area contributed by atoms with Crippen LogP contribution in [0.1, 0.15) is 18.6 Å². The van der Waals surface area contributed by atoms with E-state index in [4.69, 9.17) is 22.1 Å². The maximum atomic E-state index is 14.3. The number of nitrogens with one attached hydrogen (secondary N) is 1. The molecule has 0 bridgehead atoms. The van der Waals surface area contributed by atoms with E-state index in [2.05, 4.69) is 15.4 Å². The van der Waals surface area contributed by atoms with Crippen LogP contribution in [0.5, 0.6) is 5.75 Å². The molecule has 3 N–H and O–H groups in total. The van der Waals surface area contributed by atoms with E-state index in [0.717, 1.165) is 12.1 Å². The van der Waals surface area contributed by atoms with Gasteiger partial charge < -0.3 is 15.8 Å². The maximum Gasteiger partial charge on any atom is 0.166 e. The van der Waals surface area contributed by atoms with E-state index in [1.807, 2.05) is 0 Å². The van der Waals surface area contributed by atoms with Crippen molar-refractivity contribution in [3.8, 4) is 16.9 Å². The third kappa shape index (κ3) is 3.95. The van der Waals surface area contributed by atoms with Crippen LogP contribution in [-0.2, 0) is 6.54 Å². The van der Waals surface area contributed by atoms with Crippen LogP contribution in [0.25, 0.3) is 11.1 Å². The molecule has 0 radical (unpaired) electrons. The fourth-order valence-corrected chi connectivity index (χ4v) is 3.58. The van der Waals surface area contributed by atoms with Gasteiger partial charge in [0, 0.05) is 42.2 Å². The molecular weight excluding hydrogens is 419 g/mol. The highest BCUT2D eigenvalue weighted by atomic mass is 35.5. The second-order valence-corrected chi connectivity index (χ2v) is 7.68. The van der Waals surface area contributed by atoms with Gasteiger partial charge in [-0.1, -0.05) is 11.6 Å². The van der Waals surface area contributed by atoms with Gasteiger partial charge >= 0.3 is 0 Å². The number of nitrogens with zero attached hydrogens (tertiary/aromatic N) is 3. The summed E-state index contributed by atoms with van der Waals surface area (Å²) in [7, 11) is 0. The van der Waals surface area contributed by atoms with Crippen molar-refractivity contribution < 1.29 is 17.9 Å².